The van der Waals surface area contributed by atoms with Crippen LogP contribution in [0.2, 0.25) is 0 Å². The second-order valence-corrected chi connectivity index (χ2v) is 4.40. The molecule has 17 heavy (non-hydrogen) atoms. The number of ether oxygens (including phenoxy) is 1. The smallest absolute Gasteiger partial charge is 0.202 e. The van der Waals surface area contributed by atoms with Crippen molar-refractivity contribution < 1.29 is 13.5 Å². The van der Waals surface area contributed by atoms with Gasteiger partial charge in [-0.2, -0.15) is 4.39 Å². The number of benzene rings is 1. The van der Waals surface area contributed by atoms with Crippen molar-refractivity contribution in [3.63, 3.8) is 0 Å². The minimum atomic E-state index is -0.996. The summed E-state index contributed by atoms with van der Waals surface area (Å²) in [6.45, 7) is 1.78. The van der Waals surface area contributed by atoms with Crippen LogP contribution in [0, 0.1) is 11.6 Å². The van der Waals surface area contributed by atoms with E-state index in [1.807, 2.05) is 7.05 Å². The van der Waals surface area contributed by atoms with Crippen molar-refractivity contribution >= 4 is 5.69 Å². The Labute approximate surface area is 99.2 Å². The van der Waals surface area contributed by atoms with Gasteiger partial charge < -0.3 is 15.4 Å². The number of hydrogen-bond donors (Lipinski definition) is 1. The molecule has 0 aromatic heterocycles. The lowest BCUT2D eigenvalue weighted by Gasteiger charge is -2.29. The van der Waals surface area contributed by atoms with Crippen LogP contribution in [0.15, 0.2) is 12.1 Å². The Morgan fingerprint density at radius 1 is 1.29 bits per heavy atom. The summed E-state index contributed by atoms with van der Waals surface area (Å²) in [5.74, 6) is -2.08. The molecule has 1 aliphatic rings. The van der Waals surface area contributed by atoms with Gasteiger partial charge in [0.15, 0.2) is 11.6 Å². The minimum Gasteiger partial charge on any atom is -0.485 e. The summed E-state index contributed by atoms with van der Waals surface area (Å²) in [6, 6.07) is 2.33. The van der Waals surface area contributed by atoms with Crippen LogP contribution in [0.3, 0.4) is 0 Å². The molecule has 1 heterocycles. The maximum Gasteiger partial charge on any atom is 0.202 e. The lowest BCUT2D eigenvalue weighted by molar-refractivity contribution is 0.110. The van der Waals surface area contributed by atoms with E-state index in [1.165, 1.54) is 6.07 Å². The third-order valence-corrected chi connectivity index (χ3v) is 3.03. The van der Waals surface area contributed by atoms with Gasteiger partial charge in [-0.15, -0.1) is 0 Å². The fourth-order valence-corrected chi connectivity index (χ4v) is 1.94. The second-order valence-electron chi connectivity index (χ2n) is 4.40. The normalized spacial score (nSPS) is 18.3. The number of anilines is 1. The van der Waals surface area contributed by atoms with E-state index in [4.69, 9.17) is 10.5 Å². The zero-order chi connectivity index (χ0) is 12.4. The topological polar surface area (TPSA) is 38.5 Å². The molecular weight excluding hydrogens is 226 g/mol. The lowest BCUT2D eigenvalue weighted by atomic mass is 10.1. The molecule has 0 spiro atoms. The van der Waals surface area contributed by atoms with Crippen molar-refractivity contribution in [3.05, 3.63) is 23.8 Å². The minimum absolute atomic E-state index is 0.0928. The average Bonchev–Trinajstić information content (AvgIpc) is 2.32. The molecule has 2 N–H and O–H groups in total. The first-order chi connectivity index (χ1) is 8.08. The number of halogens is 2. The molecular formula is C12H16F2N2O. The van der Waals surface area contributed by atoms with Gasteiger partial charge in [-0.1, -0.05) is 0 Å². The molecule has 1 aromatic rings. The first-order valence-corrected chi connectivity index (χ1v) is 5.66. The van der Waals surface area contributed by atoms with Crippen LogP contribution in [0.4, 0.5) is 14.5 Å². The summed E-state index contributed by atoms with van der Waals surface area (Å²) in [5, 5.41) is 0. The molecule has 0 aliphatic carbocycles. The number of rotatable bonds is 2. The van der Waals surface area contributed by atoms with Gasteiger partial charge in [0.1, 0.15) is 6.10 Å². The van der Waals surface area contributed by atoms with E-state index in [1.54, 1.807) is 0 Å². The molecule has 2 rings (SSSR count). The molecule has 0 unspecified atom stereocenters. The Bertz CT molecular complexity index is 404. The van der Waals surface area contributed by atoms with Crippen LogP contribution < -0.4 is 10.5 Å². The molecule has 3 nitrogen and oxygen atoms in total. The van der Waals surface area contributed by atoms with E-state index >= 15 is 0 Å². The summed E-state index contributed by atoms with van der Waals surface area (Å²) in [7, 11) is 2.02. The molecule has 1 aromatic carbocycles. The SMILES string of the molecule is CN1CCC(Oc2c(N)ccc(F)c2F)CC1. The predicted octanol–water partition coefficient (Wildman–Crippen LogP) is 2.02. The van der Waals surface area contributed by atoms with Crippen molar-refractivity contribution in [2.45, 2.75) is 18.9 Å². The average molecular weight is 242 g/mol. The van der Waals surface area contributed by atoms with Crippen molar-refractivity contribution in [1.29, 1.82) is 0 Å². The number of hydrogen-bond acceptors (Lipinski definition) is 3. The van der Waals surface area contributed by atoms with E-state index in [0.29, 0.717) is 0 Å². The van der Waals surface area contributed by atoms with Gasteiger partial charge in [0, 0.05) is 13.1 Å². The number of piperidine rings is 1. The van der Waals surface area contributed by atoms with Gasteiger partial charge in [-0.05, 0) is 32.0 Å². The Morgan fingerprint density at radius 3 is 2.59 bits per heavy atom. The van der Waals surface area contributed by atoms with Crippen molar-refractivity contribution in [2.24, 2.45) is 0 Å². The highest BCUT2D eigenvalue weighted by atomic mass is 19.2. The van der Waals surface area contributed by atoms with Crippen LogP contribution in [0.5, 0.6) is 5.75 Å². The molecule has 0 saturated carbocycles. The van der Waals surface area contributed by atoms with Crippen LogP contribution in [0.25, 0.3) is 0 Å². The molecule has 1 aliphatic heterocycles. The highest BCUT2D eigenvalue weighted by Crippen LogP contribution is 2.29. The molecule has 0 atom stereocenters. The van der Waals surface area contributed by atoms with Gasteiger partial charge in [0.25, 0.3) is 0 Å². The van der Waals surface area contributed by atoms with Gasteiger partial charge in [0.05, 0.1) is 5.69 Å². The molecule has 1 saturated heterocycles. The van der Waals surface area contributed by atoms with E-state index in [-0.39, 0.29) is 17.5 Å². The van der Waals surface area contributed by atoms with E-state index in [9.17, 15) is 8.78 Å². The second kappa shape index (κ2) is 4.87. The third kappa shape index (κ3) is 2.66. The Morgan fingerprint density at radius 2 is 1.94 bits per heavy atom. The monoisotopic (exact) mass is 242 g/mol. The molecule has 1 fully saturated rings. The standard InChI is InChI=1S/C12H16F2N2O/c1-16-6-4-8(5-7-16)17-12-10(15)3-2-9(13)11(12)14/h2-3,8H,4-7,15H2,1H3. The van der Waals surface area contributed by atoms with Crippen molar-refractivity contribution in [3.8, 4) is 5.75 Å². The fraction of sp³-hybridized carbons (Fsp3) is 0.500. The summed E-state index contributed by atoms with van der Waals surface area (Å²) in [4.78, 5) is 2.17. The fourth-order valence-electron chi connectivity index (χ4n) is 1.94. The van der Waals surface area contributed by atoms with E-state index < -0.39 is 11.6 Å². The summed E-state index contributed by atoms with van der Waals surface area (Å²) in [6.07, 6.45) is 1.50. The largest absolute Gasteiger partial charge is 0.485 e. The first kappa shape index (κ1) is 12.1. The predicted molar refractivity (Wildman–Crippen MR) is 61.9 cm³/mol. The van der Waals surface area contributed by atoms with Gasteiger partial charge in [-0.3, -0.25) is 0 Å². The molecule has 0 bridgehead atoms. The van der Waals surface area contributed by atoms with E-state index in [2.05, 4.69) is 4.90 Å². The summed E-state index contributed by atoms with van der Waals surface area (Å²) >= 11 is 0. The van der Waals surface area contributed by atoms with E-state index in [0.717, 1.165) is 32.0 Å². The molecule has 0 amide bonds. The Hall–Kier alpha value is -1.36. The van der Waals surface area contributed by atoms with Crippen LogP contribution in [0.1, 0.15) is 12.8 Å². The van der Waals surface area contributed by atoms with Gasteiger partial charge >= 0.3 is 0 Å². The Kier molecular flexibility index (Phi) is 3.47. The molecule has 0 radical (unpaired) electrons. The van der Waals surface area contributed by atoms with Gasteiger partial charge in [-0.25, -0.2) is 4.39 Å². The maximum absolute atomic E-state index is 13.5. The maximum atomic E-state index is 13.5. The highest BCUT2D eigenvalue weighted by Gasteiger charge is 2.21. The van der Waals surface area contributed by atoms with Crippen LogP contribution in [-0.2, 0) is 0 Å². The van der Waals surface area contributed by atoms with Crippen molar-refractivity contribution in [2.75, 3.05) is 25.9 Å². The Balaban J connectivity index is 2.11. The molecule has 94 valence electrons. The van der Waals surface area contributed by atoms with Gasteiger partial charge in [0.2, 0.25) is 5.82 Å². The van der Waals surface area contributed by atoms with Crippen molar-refractivity contribution in [1.82, 2.24) is 4.90 Å². The lowest BCUT2D eigenvalue weighted by Crippen LogP contribution is -2.35. The quantitative estimate of drug-likeness (QED) is 0.806. The van der Waals surface area contributed by atoms with Crippen LogP contribution >= 0.6 is 0 Å². The third-order valence-electron chi connectivity index (χ3n) is 3.03. The number of likely N-dealkylation sites (tertiary alicyclic amines) is 1. The summed E-state index contributed by atoms with van der Waals surface area (Å²) in [5.41, 5.74) is 5.73. The molecule has 5 heteroatoms. The first-order valence-electron chi connectivity index (χ1n) is 5.66. The summed E-state index contributed by atoms with van der Waals surface area (Å²) < 4.78 is 32.0. The zero-order valence-electron chi connectivity index (χ0n) is 9.75. The highest BCUT2D eigenvalue weighted by molar-refractivity contribution is 5.53. The number of nitrogen functional groups attached to an aromatic ring is 1. The zero-order valence-corrected chi connectivity index (χ0v) is 9.75. The number of nitrogens with two attached hydrogens (primary N) is 1. The van der Waals surface area contributed by atoms with Crippen LogP contribution in [-0.4, -0.2) is 31.1 Å². The number of nitrogens with zero attached hydrogens (tertiary/aromatic N) is 1.